The van der Waals surface area contributed by atoms with E-state index in [2.05, 4.69) is 47.5 Å². The zero-order valence-corrected chi connectivity index (χ0v) is 19.7. The number of allylic oxidation sites excluding steroid dienone is 1. The maximum absolute atomic E-state index is 6.97. The number of fused-ring (bicyclic) bond motifs is 2. The van der Waals surface area contributed by atoms with Crippen LogP contribution in [0.2, 0.25) is 0 Å². The first-order valence-electron chi connectivity index (χ1n) is 12.0. The van der Waals surface area contributed by atoms with Crippen molar-refractivity contribution in [1.82, 2.24) is 4.98 Å². The molecule has 1 aromatic heterocycles. The molecular formula is C28H28N5O2+. The van der Waals surface area contributed by atoms with Gasteiger partial charge < -0.3 is 9.47 Å². The normalized spacial score (nSPS) is 25.0. The second-order valence-corrected chi connectivity index (χ2v) is 9.12. The number of rotatable bonds is 7. The number of nitrogens with two attached hydrogens (primary N) is 1. The van der Waals surface area contributed by atoms with Crippen molar-refractivity contribution in [2.24, 2.45) is 21.7 Å². The van der Waals surface area contributed by atoms with E-state index in [-0.39, 0.29) is 16.6 Å². The van der Waals surface area contributed by atoms with Crippen LogP contribution >= 0.6 is 0 Å². The molecule has 1 fully saturated rings. The number of ether oxygens (including phenoxy) is 2. The summed E-state index contributed by atoms with van der Waals surface area (Å²) in [5.74, 6) is 7.94. The molecule has 3 atom stereocenters. The van der Waals surface area contributed by atoms with Crippen molar-refractivity contribution in [2.45, 2.75) is 18.9 Å². The second-order valence-electron chi connectivity index (χ2n) is 9.12. The average molecular weight is 467 g/mol. The van der Waals surface area contributed by atoms with Gasteiger partial charge in [-0.25, -0.2) is 4.98 Å². The van der Waals surface area contributed by atoms with Crippen molar-refractivity contribution in [3.63, 3.8) is 0 Å². The van der Waals surface area contributed by atoms with Crippen molar-refractivity contribution in [3.8, 4) is 11.3 Å². The molecule has 3 aliphatic rings. The van der Waals surface area contributed by atoms with E-state index < -0.39 is 0 Å². The second kappa shape index (κ2) is 8.94. The summed E-state index contributed by atoms with van der Waals surface area (Å²) in [5, 5.41) is 1.07. The van der Waals surface area contributed by atoms with Crippen LogP contribution in [0, 0.1) is 5.92 Å². The highest BCUT2D eigenvalue weighted by Crippen LogP contribution is 2.43. The van der Waals surface area contributed by atoms with Crippen molar-refractivity contribution in [1.29, 1.82) is 0 Å². The predicted octanol–water partition coefficient (Wildman–Crippen LogP) is 4.56. The third-order valence-corrected chi connectivity index (χ3v) is 7.02. The predicted molar refractivity (Wildman–Crippen MR) is 137 cm³/mol. The van der Waals surface area contributed by atoms with E-state index in [1.165, 1.54) is 0 Å². The third kappa shape index (κ3) is 3.83. The maximum atomic E-state index is 6.97. The summed E-state index contributed by atoms with van der Waals surface area (Å²) in [6, 6.07) is 20.6. The summed E-state index contributed by atoms with van der Waals surface area (Å²) in [7, 11) is 1.69. The summed E-state index contributed by atoms with van der Waals surface area (Å²) in [5.41, 5.74) is 5.75. The van der Waals surface area contributed by atoms with E-state index in [9.17, 15) is 0 Å². The number of amidine groups is 1. The van der Waals surface area contributed by atoms with Gasteiger partial charge in [-0.3, -0.25) is 4.99 Å². The highest BCUT2D eigenvalue weighted by atomic mass is 16.5. The molecular weight excluding hydrogens is 438 g/mol. The Balaban J connectivity index is 1.37. The number of quaternary nitrogens is 1. The molecule has 6 rings (SSSR count). The summed E-state index contributed by atoms with van der Waals surface area (Å²) in [6.07, 6.45) is 7.61. The van der Waals surface area contributed by atoms with Crippen molar-refractivity contribution >= 4 is 23.0 Å². The minimum Gasteiger partial charge on any atom is -0.382 e. The van der Waals surface area contributed by atoms with Crippen LogP contribution in [-0.2, 0) is 9.47 Å². The van der Waals surface area contributed by atoms with Gasteiger partial charge in [-0.05, 0) is 31.0 Å². The monoisotopic (exact) mass is 466 g/mol. The molecule has 0 amide bonds. The van der Waals surface area contributed by atoms with Gasteiger partial charge in [0, 0.05) is 24.0 Å². The van der Waals surface area contributed by atoms with E-state index in [1.807, 2.05) is 30.6 Å². The van der Waals surface area contributed by atoms with Gasteiger partial charge in [0.25, 0.3) is 5.84 Å². The number of hydrogen-bond acceptors (Lipinski definition) is 6. The van der Waals surface area contributed by atoms with E-state index >= 15 is 0 Å². The quantitative estimate of drug-likeness (QED) is 0.314. The third-order valence-electron chi connectivity index (χ3n) is 7.02. The fourth-order valence-electron chi connectivity index (χ4n) is 4.97. The average Bonchev–Trinajstić information content (AvgIpc) is 3.18. The molecule has 1 aliphatic carbocycles. The Kier molecular flexibility index (Phi) is 5.62. The molecule has 2 aliphatic heterocycles. The lowest BCUT2D eigenvalue weighted by atomic mass is 9.79. The maximum Gasteiger partial charge on any atom is 0.264 e. The van der Waals surface area contributed by atoms with Crippen LogP contribution in [0.5, 0.6) is 0 Å². The molecule has 0 bridgehead atoms. The Labute approximate surface area is 204 Å². The van der Waals surface area contributed by atoms with Crippen molar-refractivity contribution < 1.29 is 14.1 Å². The largest absolute Gasteiger partial charge is 0.382 e. The minimum atomic E-state index is 0.00398. The fourth-order valence-corrected chi connectivity index (χ4v) is 4.97. The number of aliphatic imine (C=N–C) groups is 2. The summed E-state index contributed by atoms with van der Waals surface area (Å²) >= 11 is 0. The molecule has 1 saturated carbocycles. The number of benzene rings is 2. The molecule has 0 radical (unpaired) electrons. The lowest BCUT2D eigenvalue weighted by molar-refractivity contribution is -0.750. The van der Waals surface area contributed by atoms with Crippen LogP contribution in [0.3, 0.4) is 0 Å². The van der Waals surface area contributed by atoms with Gasteiger partial charge in [0.1, 0.15) is 11.9 Å². The number of hydrogen-bond donors (Lipinski definition) is 1. The summed E-state index contributed by atoms with van der Waals surface area (Å²) in [6.45, 7) is 1.16. The molecule has 3 unspecified atom stereocenters. The van der Waals surface area contributed by atoms with Crippen LogP contribution in [-0.4, -0.2) is 48.1 Å². The Morgan fingerprint density at radius 1 is 1.00 bits per heavy atom. The first-order chi connectivity index (χ1) is 17.2. The summed E-state index contributed by atoms with van der Waals surface area (Å²) < 4.78 is 11.2. The Morgan fingerprint density at radius 2 is 1.86 bits per heavy atom. The van der Waals surface area contributed by atoms with Gasteiger partial charge in [-0.2, -0.15) is 10.8 Å². The van der Waals surface area contributed by atoms with Gasteiger partial charge in [0.15, 0.2) is 0 Å². The smallest absolute Gasteiger partial charge is 0.264 e. The molecule has 35 heavy (non-hydrogen) atoms. The molecule has 7 heteroatoms. The first kappa shape index (κ1) is 22.0. The molecule has 2 N–H and O–H groups in total. The molecule has 3 aromatic rings. The molecule has 0 saturated heterocycles. The lowest BCUT2D eigenvalue weighted by Crippen LogP contribution is -2.53. The zero-order valence-electron chi connectivity index (χ0n) is 19.7. The Hall–Kier alpha value is -3.49. The number of nitrogens with zero attached hydrogens (tertiary/aromatic N) is 4. The van der Waals surface area contributed by atoms with Gasteiger partial charge in [0.2, 0.25) is 5.70 Å². The number of pyridine rings is 1. The van der Waals surface area contributed by atoms with Crippen LogP contribution in [0.1, 0.15) is 18.4 Å². The zero-order chi connectivity index (χ0) is 23.8. The van der Waals surface area contributed by atoms with E-state index in [0.29, 0.717) is 13.2 Å². The van der Waals surface area contributed by atoms with Crippen LogP contribution in [0.4, 0.5) is 0 Å². The van der Waals surface area contributed by atoms with E-state index in [0.717, 1.165) is 57.8 Å². The van der Waals surface area contributed by atoms with Crippen molar-refractivity contribution in [2.75, 3.05) is 20.3 Å². The van der Waals surface area contributed by atoms with Gasteiger partial charge in [0.05, 0.1) is 48.5 Å². The first-order valence-corrected chi connectivity index (χ1v) is 12.0. The molecule has 3 heterocycles. The van der Waals surface area contributed by atoms with Crippen LogP contribution < -0.4 is 5.84 Å². The van der Waals surface area contributed by atoms with E-state index in [4.69, 9.17) is 25.3 Å². The standard InChI is InChI=1S/C28H28N5O2/c1-34-15-16-35-26-12-10-22(26)27-25-18-30-13-14-33(25,29)28(32-27)21-8-7-20-9-11-23(31-24(20)17-21)19-5-3-2-4-6-19/h2-9,11,13-14,17-18,22,26H,10,12,15-16,29H2,1H3/q+1. The minimum absolute atomic E-state index is 0.00398. The highest BCUT2D eigenvalue weighted by molar-refractivity contribution is 6.02. The van der Waals surface area contributed by atoms with Gasteiger partial charge in [-0.15, -0.1) is 4.59 Å². The highest BCUT2D eigenvalue weighted by Gasteiger charge is 2.49. The number of methoxy groups -OCH3 is 1. The molecule has 176 valence electrons. The lowest BCUT2D eigenvalue weighted by Gasteiger charge is -2.36. The number of aromatic nitrogens is 1. The van der Waals surface area contributed by atoms with Crippen molar-refractivity contribution in [3.05, 3.63) is 90.0 Å². The molecule has 0 spiro atoms. The Bertz CT molecular complexity index is 1390. The molecule has 2 aromatic carbocycles. The van der Waals surface area contributed by atoms with E-state index in [1.54, 1.807) is 13.3 Å². The fraction of sp³-hybridized carbons (Fsp3) is 0.250. The summed E-state index contributed by atoms with van der Waals surface area (Å²) in [4.78, 5) is 14.4. The topological polar surface area (TPSA) is 82.1 Å². The van der Waals surface area contributed by atoms with Gasteiger partial charge in [-0.1, -0.05) is 42.5 Å². The van der Waals surface area contributed by atoms with Crippen LogP contribution in [0.25, 0.3) is 22.2 Å². The van der Waals surface area contributed by atoms with Gasteiger partial charge >= 0.3 is 0 Å². The Morgan fingerprint density at radius 3 is 2.66 bits per heavy atom. The molecule has 7 nitrogen and oxygen atoms in total. The van der Waals surface area contributed by atoms with Crippen LogP contribution in [0.15, 0.2) is 94.4 Å². The SMILES string of the molecule is COCCOC1CCC1C1=C2C=NC=C[N+]2(N)C(c2ccc3ccc(-c4ccccc4)nc3c2)=N1.